The molecular formula is C12H24N2. The molecule has 0 aliphatic heterocycles. The summed E-state index contributed by atoms with van der Waals surface area (Å²) in [6.45, 7) is 3.54. The summed E-state index contributed by atoms with van der Waals surface area (Å²) in [4.78, 5) is 2.24. The minimum Gasteiger partial charge on any atom is -0.317 e. The summed E-state index contributed by atoms with van der Waals surface area (Å²) >= 11 is 0. The SMILES string of the molecule is CN(C)CCCNCCC1C=CCC1. The Bertz CT molecular complexity index is 164. The van der Waals surface area contributed by atoms with Gasteiger partial charge in [0.1, 0.15) is 0 Å². The summed E-state index contributed by atoms with van der Waals surface area (Å²) in [5, 5.41) is 3.51. The molecule has 0 aromatic rings. The van der Waals surface area contributed by atoms with Crippen molar-refractivity contribution in [2.45, 2.75) is 25.7 Å². The van der Waals surface area contributed by atoms with Crippen molar-refractivity contribution in [3.8, 4) is 0 Å². The molecule has 2 heteroatoms. The maximum absolute atomic E-state index is 3.51. The van der Waals surface area contributed by atoms with E-state index in [0.29, 0.717) is 0 Å². The molecule has 0 amide bonds. The lowest BCUT2D eigenvalue weighted by atomic mass is 10.1. The topological polar surface area (TPSA) is 15.3 Å². The molecule has 1 unspecified atom stereocenters. The molecule has 1 aliphatic rings. The zero-order valence-electron chi connectivity index (χ0n) is 9.63. The third-order valence-corrected chi connectivity index (χ3v) is 2.76. The first-order valence-electron chi connectivity index (χ1n) is 5.81. The molecule has 0 saturated heterocycles. The Balaban J connectivity index is 1.82. The Labute approximate surface area is 88.4 Å². The van der Waals surface area contributed by atoms with Crippen LogP contribution in [0.25, 0.3) is 0 Å². The lowest BCUT2D eigenvalue weighted by Crippen LogP contribution is -2.22. The quantitative estimate of drug-likeness (QED) is 0.494. The van der Waals surface area contributed by atoms with Gasteiger partial charge >= 0.3 is 0 Å². The van der Waals surface area contributed by atoms with E-state index in [4.69, 9.17) is 0 Å². The average molecular weight is 196 g/mol. The van der Waals surface area contributed by atoms with Crippen LogP contribution in [-0.2, 0) is 0 Å². The van der Waals surface area contributed by atoms with Gasteiger partial charge < -0.3 is 10.2 Å². The van der Waals surface area contributed by atoms with E-state index in [9.17, 15) is 0 Å². The second-order valence-electron chi connectivity index (χ2n) is 4.46. The number of allylic oxidation sites excluding steroid dienone is 2. The minimum absolute atomic E-state index is 0.858. The van der Waals surface area contributed by atoms with Crippen LogP contribution >= 0.6 is 0 Å². The van der Waals surface area contributed by atoms with E-state index in [2.05, 4.69) is 36.5 Å². The maximum Gasteiger partial charge on any atom is -0.00127 e. The molecule has 0 saturated carbocycles. The zero-order valence-corrected chi connectivity index (χ0v) is 9.63. The van der Waals surface area contributed by atoms with Gasteiger partial charge in [-0.2, -0.15) is 0 Å². The minimum atomic E-state index is 0.858. The predicted octanol–water partition coefficient (Wildman–Crippen LogP) is 1.88. The summed E-state index contributed by atoms with van der Waals surface area (Å²) in [7, 11) is 4.26. The highest BCUT2D eigenvalue weighted by atomic mass is 15.0. The van der Waals surface area contributed by atoms with Gasteiger partial charge in [-0.25, -0.2) is 0 Å². The van der Waals surface area contributed by atoms with Gasteiger partial charge in [0.05, 0.1) is 0 Å². The normalized spacial score (nSPS) is 20.9. The van der Waals surface area contributed by atoms with E-state index in [1.807, 2.05) is 0 Å². The summed E-state index contributed by atoms with van der Waals surface area (Å²) in [5.41, 5.74) is 0. The zero-order chi connectivity index (χ0) is 10.2. The molecule has 14 heavy (non-hydrogen) atoms. The molecule has 0 spiro atoms. The van der Waals surface area contributed by atoms with Gasteiger partial charge in [-0.05, 0) is 65.3 Å². The van der Waals surface area contributed by atoms with Crippen LogP contribution in [0.5, 0.6) is 0 Å². The van der Waals surface area contributed by atoms with E-state index in [1.165, 1.54) is 38.8 Å². The Hall–Kier alpha value is -0.340. The van der Waals surface area contributed by atoms with E-state index in [0.717, 1.165) is 12.5 Å². The number of nitrogens with zero attached hydrogens (tertiary/aromatic N) is 1. The van der Waals surface area contributed by atoms with Gasteiger partial charge in [0, 0.05) is 0 Å². The predicted molar refractivity (Wildman–Crippen MR) is 62.5 cm³/mol. The standard InChI is InChI=1S/C12H24N2/c1-14(2)11-5-9-13-10-8-12-6-3-4-7-12/h3,6,12-13H,4-5,7-11H2,1-2H3. The fourth-order valence-electron chi connectivity index (χ4n) is 1.87. The summed E-state index contributed by atoms with van der Waals surface area (Å²) in [5.74, 6) is 0.858. The summed E-state index contributed by atoms with van der Waals surface area (Å²) in [6, 6.07) is 0. The van der Waals surface area contributed by atoms with Crippen LogP contribution in [0.4, 0.5) is 0 Å². The van der Waals surface area contributed by atoms with Gasteiger partial charge in [-0.1, -0.05) is 12.2 Å². The second-order valence-corrected chi connectivity index (χ2v) is 4.46. The lowest BCUT2D eigenvalue weighted by Gasteiger charge is -2.11. The molecule has 82 valence electrons. The van der Waals surface area contributed by atoms with Gasteiger partial charge in [0.2, 0.25) is 0 Å². The van der Waals surface area contributed by atoms with Crippen LogP contribution in [0.2, 0.25) is 0 Å². The Morgan fingerprint density at radius 1 is 1.36 bits per heavy atom. The van der Waals surface area contributed by atoms with Crippen molar-refractivity contribution < 1.29 is 0 Å². The van der Waals surface area contributed by atoms with Crippen molar-refractivity contribution in [3.63, 3.8) is 0 Å². The van der Waals surface area contributed by atoms with Crippen LogP contribution in [0.1, 0.15) is 25.7 Å². The molecule has 0 aromatic heterocycles. The van der Waals surface area contributed by atoms with Crippen molar-refractivity contribution in [1.82, 2.24) is 10.2 Å². The fourth-order valence-corrected chi connectivity index (χ4v) is 1.87. The van der Waals surface area contributed by atoms with Gasteiger partial charge in [0.15, 0.2) is 0 Å². The van der Waals surface area contributed by atoms with E-state index >= 15 is 0 Å². The number of hydrogen-bond donors (Lipinski definition) is 1. The van der Waals surface area contributed by atoms with Crippen molar-refractivity contribution in [2.75, 3.05) is 33.7 Å². The number of rotatable bonds is 7. The summed E-state index contributed by atoms with van der Waals surface area (Å²) in [6.07, 6.45) is 9.94. The van der Waals surface area contributed by atoms with Gasteiger partial charge in [-0.3, -0.25) is 0 Å². The average Bonchev–Trinajstić information content (AvgIpc) is 2.63. The maximum atomic E-state index is 3.51. The van der Waals surface area contributed by atoms with Crippen LogP contribution in [0, 0.1) is 5.92 Å². The highest BCUT2D eigenvalue weighted by Gasteiger charge is 2.07. The van der Waals surface area contributed by atoms with Crippen molar-refractivity contribution in [3.05, 3.63) is 12.2 Å². The van der Waals surface area contributed by atoms with E-state index in [1.54, 1.807) is 0 Å². The van der Waals surface area contributed by atoms with Crippen molar-refractivity contribution >= 4 is 0 Å². The van der Waals surface area contributed by atoms with Gasteiger partial charge in [-0.15, -0.1) is 0 Å². The highest BCUT2D eigenvalue weighted by molar-refractivity contribution is 4.95. The largest absolute Gasteiger partial charge is 0.317 e. The molecule has 0 heterocycles. The van der Waals surface area contributed by atoms with Crippen molar-refractivity contribution in [2.24, 2.45) is 5.92 Å². The van der Waals surface area contributed by atoms with E-state index in [-0.39, 0.29) is 0 Å². The molecule has 0 bridgehead atoms. The van der Waals surface area contributed by atoms with Crippen LogP contribution in [0.15, 0.2) is 12.2 Å². The van der Waals surface area contributed by atoms with Crippen LogP contribution in [-0.4, -0.2) is 38.6 Å². The first-order chi connectivity index (χ1) is 6.79. The Morgan fingerprint density at radius 2 is 2.21 bits per heavy atom. The van der Waals surface area contributed by atoms with Crippen LogP contribution < -0.4 is 5.32 Å². The number of nitrogens with one attached hydrogen (secondary N) is 1. The monoisotopic (exact) mass is 196 g/mol. The first kappa shape index (κ1) is 11.7. The van der Waals surface area contributed by atoms with Gasteiger partial charge in [0.25, 0.3) is 0 Å². The molecule has 2 nitrogen and oxygen atoms in total. The smallest absolute Gasteiger partial charge is 0.00127 e. The molecule has 0 radical (unpaired) electrons. The second kappa shape index (κ2) is 7.02. The molecule has 1 atom stereocenters. The fraction of sp³-hybridized carbons (Fsp3) is 0.833. The molecular weight excluding hydrogens is 172 g/mol. The van der Waals surface area contributed by atoms with E-state index < -0.39 is 0 Å². The van der Waals surface area contributed by atoms with Crippen molar-refractivity contribution in [1.29, 1.82) is 0 Å². The molecule has 1 N–H and O–H groups in total. The third kappa shape index (κ3) is 5.40. The Kier molecular flexibility index (Phi) is 5.88. The summed E-state index contributed by atoms with van der Waals surface area (Å²) < 4.78 is 0. The molecule has 1 rings (SSSR count). The Morgan fingerprint density at radius 3 is 2.86 bits per heavy atom. The number of hydrogen-bond acceptors (Lipinski definition) is 2. The van der Waals surface area contributed by atoms with Crippen LogP contribution in [0.3, 0.4) is 0 Å². The first-order valence-corrected chi connectivity index (χ1v) is 5.81. The highest BCUT2D eigenvalue weighted by Crippen LogP contribution is 2.19. The molecule has 0 aromatic carbocycles. The third-order valence-electron chi connectivity index (χ3n) is 2.76. The molecule has 1 aliphatic carbocycles. The lowest BCUT2D eigenvalue weighted by molar-refractivity contribution is 0.392. The molecule has 0 fully saturated rings.